The zero-order valence-electron chi connectivity index (χ0n) is 18.0. The van der Waals surface area contributed by atoms with E-state index in [9.17, 15) is 4.79 Å². The summed E-state index contributed by atoms with van der Waals surface area (Å²) in [7, 11) is 0. The highest BCUT2D eigenvalue weighted by Gasteiger charge is 2.28. The number of fused-ring (bicyclic) bond motifs is 1. The summed E-state index contributed by atoms with van der Waals surface area (Å²) in [5, 5.41) is 3.40. The van der Waals surface area contributed by atoms with Gasteiger partial charge in [0.1, 0.15) is 11.5 Å². The third-order valence-electron chi connectivity index (χ3n) is 5.77. The van der Waals surface area contributed by atoms with Crippen LogP contribution in [0.25, 0.3) is 5.65 Å². The number of amides is 1. The smallest absolute Gasteiger partial charge is 0.224 e. The Morgan fingerprint density at radius 1 is 1.23 bits per heavy atom. The lowest BCUT2D eigenvalue weighted by molar-refractivity contribution is -0.133. The summed E-state index contributed by atoms with van der Waals surface area (Å²) in [4.78, 5) is 26.0. The van der Waals surface area contributed by atoms with E-state index in [1.54, 1.807) is 6.20 Å². The number of aromatic nitrogens is 3. The first-order chi connectivity index (χ1) is 14.5. The molecule has 3 aromatic heterocycles. The molecule has 7 heteroatoms. The van der Waals surface area contributed by atoms with E-state index in [0.717, 1.165) is 36.8 Å². The van der Waals surface area contributed by atoms with E-state index in [1.807, 2.05) is 29.4 Å². The molecular weight excluding hydrogens is 376 g/mol. The average Bonchev–Trinajstić information content (AvgIpc) is 3.20. The Hall–Kier alpha value is -2.93. The van der Waals surface area contributed by atoms with Crippen molar-refractivity contribution in [3.8, 4) is 0 Å². The molecular formula is C23H30N6O. The van der Waals surface area contributed by atoms with Crippen molar-refractivity contribution in [2.24, 2.45) is 0 Å². The van der Waals surface area contributed by atoms with Crippen LogP contribution in [-0.2, 0) is 11.3 Å². The molecule has 4 rings (SSSR count). The van der Waals surface area contributed by atoms with Gasteiger partial charge < -0.3 is 19.5 Å². The molecule has 0 aromatic carbocycles. The van der Waals surface area contributed by atoms with Crippen LogP contribution < -0.4 is 10.2 Å². The van der Waals surface area contributed by atoms with Crippen LogP contribution in [-0.4, -0.2) is 57.4 Å². The van der Waals surface area contributed by atoms with E-state index in [1.165, 1.54) is 11.1 Å². The maximum absolute atomic E-state index is 12.8. The Kier molecular flexibility index (Phi) is 5.99. The molecule has 0 saturated carbocycles. The SMILES string of the molecule is Cc1cnc(N2CCN(C(=O)CCNCc3cccc4nccn34)[C@H](C)C2)c(C)c1. The Morgan fingerprint density at radius 3 is 2.90 bits per heavy atom. The number of pyridine rings is 2. The Labute approximate surface area is 177 Å². The first kappa shape index (κ1) is 20.3. The number of carbonyl (C=O) groups is 1. The third-order valence-corrected chi connectivity index (χ3v) is 5.77. The molecule has 0 radical (unpaired) electrons. The fourth-order valence-corrected chi connectivity index (χ4v) is 4.27. The van der Waals surface area contributed by atoms with Crippen molar-refractivity contribution in [3.63, 3.8) is 0 Å². The molecule has 1 aliphatic rings. The molecule has 30 heavy (non-hydrogen) atoms. The maximum atomic E-state index is 12.8. The molecule has 1 atom stereocenters. The van der Waals surface area contributed by atoms with Gasteiger partial charge in [-0.3, -0.25) is 4.79 Å². The fraction of sp³-hybridized carbons (Fsp3) is 0.435. The minimum atomic E-state index is 0.174. The van der Waals surface area contributed by atoms with E-state index >= 15 is 0 Å². The number of nitrogens with one attached hydrogen (secondary N) is 1. The number of imidazole rings is 1. The maximum Gasteiger partial charge on any atom is 0.224 e. The van der Waals surface area contributed by atoms with Crippen LogP contribution in [0.1, 0.15) is 30.2 Å². The molecule has 158 valence electrons. The quantitative estimate of drug-likeness (QED) is 0.638. The van der Waals surface area contributed by atoms with Crippen LogP contribution in [0.4, 0.5) is 5.82 Å². The van der Waals surface area contributed by atoms with Gasteiger partial charge in [-0.1, -0.05) is 12.1 Å². The third kappa shape index (κ3) is 4.31. The Bertz CT molecular complexity index is 1030. The first-order valence-electron chi connectivity index (χ1n) is 10.6. The summed E-state index contributed by atoms with van der Waals surface area (Å²) in [5.41, 5.74) is 4.45. The monoisotopic (exact) mass is 406 g/mol. The molecule has 3 aromatic rings. The van der Waals surface area contributed by atoms with Gasteiger partial charge >= 0.3 is 0 Å². The standard InChI is InChI=1S/C23H30N6O/c1-17-13-18(2)23(26-14-17)27-11-12-28(19(3)16-27)22(30)7-8-24-15-20-5-4-6-21-25-9-10-29(20)21/h4-6,9-10,13-14,19,24H,7-8,11-12,15-16H2,1-3H3/t19-/m1/s1. The Morgan fingerprint density at radius 2 is 2.10 bits per heavy atom. The molecule has 0 bridgehead atoms. The highest BCUT2D eigenvalue weighted by atomic mass is 16.2. The van der Waals surface area contributed by atoms with E-state index < -0.39 is 0 Å². The summed E-state index contributed by atoms with van der Waals surface area (Å²) in [5.74, 6) is 1.25. The van der Waals surface area contributed by atoms with E-state index in [2.05, 4.69) is 57.5 Å². The topological polar surface area (TPSA) is 65.8 Å². The van der Waals surface area contributed by atoms with Crippen LogP contribution >= 0.6 is 0 Å². The molecule has 1 N–H and O–H groups in total. The van der Waals surface area contributed by atoms with Crippen molar-refractivity contribution in [2.75, 3.05) is 31.1 Å². The molecule has 1 fully saturated rings. The van der Waals surface area contributed by atoms with Crippen LogP contribution in [0.2, 0.25) is 0 Å². The van der Waals surface area contributed by atoms with Crippen molar-refractivity contribution >= 4 is 17.4 Å². The predicted molar refractivity (Wildman–Crippen MR) is 119 cm³/mol. The van der Waals surface area contributed by atoms with Gasteiger partial charge in [0.25, 0.3) is 0 Å². The van der Waals surface area contributed by atoms with Gasteiger partial charge in [-0.25, -0.2) is 9.97 Å². The number of anilines is 1. The van der Waals surface area contributed by atoms with Crippen LogP contribution in [0.15, 0.2) is 42.9 Å². The van der Waals surface area contributed by atoms with Crippen LogP contribution in [0.3, 0.4) is 0 Å². The molecule has 1 amide bonds. The van der Waals surface area contributed by atoms with Crippen LogP contribution in [0.5, 0.6) is 0 Å². The summed E-state index contributed by atoms with van der Waals surface area (Å²) >= 11 is 0. The second kappa shape index (κ2) is 8.83. The second-order valence-electron chi connectivity index (χ2n) is 8.13. The molecule has 0 unspecified atom stereocenters. The van der Waals surface area contributed by atoms with Crippen LogP contribution in [0, 0.1) is 13.8 Å². The number of carbonyl (C=O) groups excluding carboxylic acids is 1. The van der Waals surface area contributed by atoms with Gasteiger partial charge in [0.15, 0.2) is 0 Å². The summed E-state index contributed by atoms with van der Waals surface area (Å²) < 4.78 is 2.07. The van der Waals surface area contributed by atoms with Gasteiger partial charge in [-0.05, 0) is 44.0 Å². The molecule has 0 aliphatic carbocycles. The largest absolute Gasteiger partial charge is 0.353 e. The van der Waals surface area contributed by atoms with E-state index in [4.69, 9.17) is 0 Å². The zero-order valence-corrected chi connectivity index (χ0v) is 18.0. The first-order valence-corrected chi connectivity index (χ1v) is 10.6. The average molecular weight is 407 g/mol. The van der Waals surface area contributed by atoms with E-state index in [0.29, 0.717) is 19.5 Å². The molecule has 0 spiro atoms. The zero-order chi connectivity index (χ0) is 21.1. The Balaban J connectivity index is 1.27. The lowest BCUT2D eigenvalue weighted by Crippen LogP contribution is -2.54. The van der Waals surface area contributed by atoms with Crippen molar-refractivity contribution in [2.45, 2.75) is 39.8 Å². The lowest BCUT2D eigenvalue weighted by Gasteiger charge is -2.41. The predicted octanol–water partition coefficient (Wildman–Crippen LogP) is 2.56. The van der Waals surface area contributed by atoms with Gasteiger partial charge in [-0.15, -0.1) is 0 Å². The van der Waals surface area contributed by atoms with Crippen molar-refractivity contribution in [1.82, 2.24) is 24.6 Å². The van der Waals surface area contributed by atoms with Crippen molar-refractivity contribution in [1.29, 1.82) is 0 Å². The van der Waals surface area contributed by atoms with E-state index in [-0.39, 0.29) is 11.9 Å². The minimum absolute atomic E-state index is 0.174. The summed E-state index contributed by atoms with van der Waals surface area (Å²) in [6.07, 6.45) is 6.19. The number of nitrogens with zero attached hydrogens (tertiary/aromatic N) is 5. The summed E-state index contributed by atoms with van der Waals surface area (Å²) in [6, 6.07) is 8.41. The lowest BCUT2D eigenvalue weighted by atomic mass is 10.1. The number of piperazine rings is 1. The molecule has 1 saturated heterocycles. The highest BCUT2D eigenvalue weighted by molar-refractivity contribution is 5.77. The van der Waals surface area contributed by atoms with Crippen molar-refractivity contribution in [3.05, 3.63) is 59.7 Å². The molecule has 7 nitrogen and oxygen atoms in total. The van der Waals surface area contributed by atoms with Crippen molar-refractivity contribution < 1.29 is 4.79 Å². The van der Waals surface area contributed by atoms with Gasteiger partial charge in [0.2, 0.25) is 5.91 Å². The van der Waals surface area contributed by atoms with Gasteiger partial charge in [0, 0.05) is 69.5 Å². The fourth-order valence-electron chi connectivity index (χ4n) is 4.27. The second-order valence-corrected chi connectivity index (χ2v) is 8.13. The summed E-state index contributed by atoms with van der Waals surface area (Å²) in [6.45, 7) is 10.0. The number of hydrogen-bond acceptors (Lipinski definition) is 5. The minimum Gasteiger partial charge on any atom is -0.353 e. The number of hydrogen-bond donors (Lipinski definition) is 1. The normalized spacial score (nSPS) is 17.0. The molecule has 4 heterocycles. The molecule has 1 aliphatic heterocycles. The van der Waals surface area contributed by atoms with Gasteiger partial charge in [-0.2, -0.15) is 0 Å². The van der Waals surface area contributed by atoms with Gasteiger partial charge in [0.05, 0.1) is 0 Å². The number of rotatable bonds is 6. The number of aryl methyl sites for hydroxylation is 2. The highest BCUT2D eigenvalue weighted by Crippen LogP contribution is 2.21.